The molecule has 1 rings (SSSR count). The first kappa shape index (κ1) is 15.2. The molecule has 100 valence electrons. The van der Waals surface area contributed by atoms with Gasteiger partial charge in [0.25, 0.3) is 0 Å². The van der Waals surface area contributed by atoms with E-state index in [0.29, 0.717) is 26.1 Å². The number of ether oxygens (including phenoxy) is 1. The van der Waals surface area contributed by atoms with E-state index in [0.717, 1.165) is 10.9 Å². The second-order valence-corrected chi connectivity index (χ2v) is 5.02. The van der Waals surface area contributed by atoms with Crippen molar-refractivity contribution in [3.8, 4) is 0 Å². The number of aryl methyl sites for hydroxylation is 1. The van der Waals surface area contributed by atoms with E-state index < -0.39 is 0 Å². The van der Waals surface area contributed by atoms with Gasteiger partial charge in [0.15, 0.2) is 0 Å². The van der Waals surface area contributed by atoms with Crippen LogP contribution in [0, 0.1) is 6.92 Å². The van der Waals surface area contributed by atoms with Gasteiger partial charge >= 0.3 is 0 Å². The van der Waals surface area contributed by atoms with Crippen LogP contribution in [0.15, 0.2) is 24.3 Å². The van der Waals surface area contributed by atoms with Gasteiger partial charge in [-0.15, -0.1) is 0 Å². The van der Waals surface area contributed by atoms with Crippen molar-refractivity contribution >= 4 is 21.8 Å². The van der Waals surface area contributed by atoms with Crippen molar-refractivity contribution in [2.24, 2.45) is 0 Å². The van der Waals surface area contributed by atoms with E-state index in [1.807, 2.05) is 30.0 Å². The highest BCUT2D eigenvalue weighted by Gasteiger charge is 2.13. The normalized spacial score (nSPS) is 10.4. The minimum Gasteiger partial charge on any atom is -0.383 e. The SMILES string of the molecule is COCCN(CCBr)C(=O)Cc1cccc(C)c1. The van der Waals surface area contributed by atoms with Crippen molar-refractivity contribution in [2.75, 3.05) is 32.1 Å². The van der Waals surface area contributed by atoms with E-state index >= 15 is 0 Å². The summed E-state index contributed by atoms with van der Waals surface area (Å²) in [4.78, 5) is 14.0. The summed E-state index contributed by atoms with van der Waals surface area (Å²) in [6.07, 6.45) is 0.457. The number of methoxy groups -OCH3 is 1. The van der Waals surface area contributed by atoms with Crippen molar-refractivity contribution in [1.82, 2.24) is 4.90 Å². The molecule has 0 spiro atoms. The Morgan fingerprint density at radius 1 is 1.39 bits per heavy atom. The summed E-state index contributed by atoms with van der Waals surface area (Å²) in [5, 5.41) is 0.788. The second kappa shape index (κ2) is 8.27. The lowest BCUT2D eigenvalue weighted by Crippen LogP contribution is -2.36. The monoisotopic (exact) mass is 313 g/mol. The zero-order valence-electron chi connectivity index (χ0n) is 11.0. The molecule has 1 aromatic rings. The maximum Gasteiger partial charge on any atom is 0.227 e. The standard InChI is InChI=1S/C14H20BrNO2/c1-12-4-3-5-13(10-12)11-14(17)16(7-6-15)8-9-18-2/h3-5,10H,6-9,11H2,1-2H3. The first-order chi connectivity index (χ1) is 8.67. The highest BCUT2D eigenvalue weighted by molar-refractivity contribution is 9.09. The molecule has 1 aromatic carbocycles. The van der Waals surface area contributed by atoms with Crippen molar-refractivity contribution in [3.63, 3.8) is 0 Å². The fourth-order valence-electron chi connectivity index (χ4n) is 1.77. The van der Waals surface area contributed by atoms with Crippen LogP contribution < -0.4 is 0 Å². The van der Waals surface area contributed by atoms with Crippen LogP contribution in [0.4, 0.5) is 0 Å². The van der Waals surface area contributed by atoms with Gasteiger partial charge in [0, 0.05) is 25.5 Å². The van der Waals surface area contributed by atoms with Crippen LogP contribution in [0.3, 0.4) is 0 Å². The summed E-state index contributed by atoms with van der Waals surface area (Å²) in [5.74, 6) is 0.150. The van der Waals surface area contributed by atoms with Gasteiger partial charge in [0.2, 0.25) is 5.91 Å². The average molecular weight is 314 g/mol. The summed E-state index contributed by atoms with van der Waals surface area (Å²) in [5.41, 5.74) is 2.25. The molecule has 0 aliphatic heterocycles. The number of rotatable bonds is 7. The number of carbonyl (C=O) groups is 1. The lowest BCUT2D eigenvalue weighted by molar-refractivity contribution is -0.130. The molecule has 1 amide bonds. The molecule has 4 heteroatoms. The van der Waals surface area contributed by atoms with Crippen LogP contribution >= 0.6 is 15.9 Å². The van der Waals surface area contributed by atoms with Gasteiger partial charge in [-0.2, -0.15) is 0 Å². The Kier molecular flexibility index (Phi) is 6.98. The number of alkyl halides is 1. The summed E-state index contributed by atoms with van der Waals surface area (Å²) in [6, 6.07) is 8.07. The highest BCUT2D eigenvalue weighted by atomic mass is 79.9. The van der Waals surface area contributed by atoms with Gasteiger partial charge in [-0.25, -0.2) is 0 Å². The van der Waals surface area contributed by atoms with Crippen molar-refractivity contribution in [3.05, 3.63) is 35.4 Å². The maximum absolute atomic E-state index is 12.2. The topological polar surface area (TPSA) is 29.5 Å². The van der Waals surface area contributed by atoms with Gasteiger partial charge in [-0.3, -0.25) is 4.79 Å². The predicted molar refractivity (Wildman–Crippen MR) is 77.1 cm³/mol. The Morgan fingerprint density at radius 2 is 2.17 bits per heavy atom. The fraction of sp³-hybridized carbons (Fsp3) is 0.500. The number of amides is 1. The molecule has 0 saturated carbocycles. The number of hydrogen-bond donors (Lipinski definition) is 0. The van der Waals surface area contributed by atoms with Crippen LogP contribution in [0.2, 0.25) is 0 Å². The van der Waals surface area contributed by atoms with Crippen molar-refractivity contribution < 1.29 is 9.53 Å². The van der Waals surface area contributed by atoms with E-state index in [2.05, 4.69) is 22.0 Å². The lowest BCUT2D eigenvalue weighted by Gasteiger charge is -2.21. The van der Waals surface area contributed by atoms with Crippen LogP contribution in [-0.2, 0) is 16.0 Å². The number of carbonyl (C=O) groups excluding carboxylic acids is 1. The highest BCUT2D eigenvalue weighted by Crippen LogP contribution is 2.07. The van der Waals surface area contributed by atoms with Gasteiger partial charge < -0.3 is 9.64 Å². The summed E-state index contributed by atoms with van der Waals surface area (Å²) < 4.78 is 5.03. The molecule has 0 fully saturated rings. The molecule has 0 aromatic heterocycles. The minimum atomic E-state index is 0.150. The molecule has 0 saturated heterocycles. The second-order valence-electron chi connectivity index (χ2n) is 4.23. The molecule has 0 radical (unpaired) electrons. The molecule has 0 aliphatic rings. The Labute approximate surface area is 117 Å². The number of hydrogen-bond acceptors (Lipinski definition) is 2. The van der Waals surface area contributed by atoms with Crippen molar-refractivity contribution in [1.29, 1.82) is 0 Å². The Balaban J connectivity index is 2.60. The number of benzene rings is 1. The van der Waals surface area contributed by atoms with E-state index in [1.54, 1.807) is 7.11 Å². The molecule has 0 unspecified atom stereocenters. The molecular weight excluding hydrogens is 294 g/mol. The molecule has 3 nitrogen and oxygen atoms in total. The predicted octanol–water partition coefficient (Wildman–Crippen LogP) is 2.41. The van der Waals surface area contributed by atoms with Crippen LogP contribution in [0.1, 0.15) is 11.1 Å². The summed E-state index contributed by atoms with van der Waals surface area (Å²) in [6.45, 7) is 3.97. The zero-order chi connectivity index (χ0) is 13.4. The summed E-state index contributed by atoms with van der Waals surface area (Å²) in [7, 11) is 1.65. The zero-order valence-corrected chi connectivity index (χ0v) is 12.6. The molecule has 0 N–H and O–H groups in total. The van der Waals surface area contributed by atoms with E-state index in [1.165, 1.54) is 5.56 Å². The average Bonchev–Trinajstić information content (AvgIpc) is 2.34. The third kappa shape index (κ3) is 5.19. The first-order valence-electron chi connectivity index (χ1n) is 6.05. The van der Waals surface area contributed by atoms with Gasteiger partial charge in [-0.05, 0) is 12.5 Å². The van der Waals surface area contributed by atoms with Crippen LogP contribution in [0.5, 0.6) is 0 Å². The largest absolute Gasteiger partial charge is 0.383 e. The smallest absolute Gasteiger partial charge is 0.227 e. The van der Waals surface area contributed by atoms with E-state index in [-0.39, 0.29) is 5.91 Å². The first-order valence-corrected chi connectivity index (χ1v) is 7.17. The van der Waals surface area contributed by atoms with E-state index in [9.17, 15) is 4.79 Å². The molecule has 0 heterocycles. The molecule has 0 bridgehead atoms. The quantitative estimate of drug-likeness (QED) is 0.723. The molecular formula is C14H20BrNO2. The van der Waals surface area contributed by atoms with Crippen LogP contribution in [-0.4, -0.2) is 42.9 Å². The van der Waals surface area contributed by atoms with E-state index in [4.69, 9.17) is 4.74 Å². The maximum atomic E-state index is 12.2. The van der Waals surface area contributed by atoms with Crippen molar-refractivity contribution in [2.45, 2.75) is 13.3 Å². The Morgan fingerprint density at radius 3 is 2.78 bits per heavy atom. The van der Waals surface area contributed by atoms with Gasteiger partial charge in [-0.1, -0.05) is 45.8 Å². The number of nitrogens with zero attached hydrogens (tertiary/aromatic N) is 1. The third-order valence-corrected chi connectivity index (χ3v) is 3.06. The molecule has 0 atom stereocenters. The van der Waals surface area contributed by atoms with Gasteiger partial charge in [0.05, 0.1) is 13.0 Å². The number of halogens is 1. The van der Waals surface area contributed by atoms with Gasteiger partial charge in [0.1, 0.15) is 0 Å². The minimum absolute atomic E-state index is 0.150. The molecule has 0 aliphatic carbocycles. The van der Waals surface area contributed by atoms with Crippen LogP contribution in [0.25, 0.3) is 0 Å². The third-order valence-electron chi connectivity index (χ3n) is 2.71. The summed E-state index contributed by atoms with van der Waals surface area (Å²) >= 11 is 3.37. The fourth-order valence-corrected chi connectivity index (χ4v) is 2.20. The molecule has 18 heavy (non-hydrogen) atoms. The Bertz CT molecular complexity index is 382. The lowest BCUT2D eigenvalue weighted by atomic mass is 10.1. The Hall–Kier alpha value is -0.870.